The number of anilines is 1. The molecule has 3 rings (SSSR count). The van der Waals surface area contributed by atoms with Crippen molar-refractivity contribution in [1.82, 2.24) is 10.2 Å². The summed E-state index contributed by atoms with van der Waals surface area (Å²) in [5, 5.41) is 2.64. The molecular formula is C27H27F2N3O5S. The third kappa shape index (κ3) is 7.87. The molecule has 200 valence electrons. The minimum absolute atomic E-state index is 0.0391. The van der Waals surface area contributed by atoms with Crippen LogP contribution in [0.2, 0.25) is 0 Å². The van der Waals surface area contributed by atoms with Gasteiger partial charge in [-0.15, -0.1) is 6.58 Å². The van der Waals surface area contributed by atoms with Crippen LogP contribution in [0.25, 0.3) is 0 Å². The number of nitrogens with one attached hydrogen (secondary N) is 2. The summed E-state index contributed by atoms with van der Waals surface area (Å²) < 4.78 is 59.5. The van der Waals surface area contributed by atoms with Crippen molar-refractivity contribution in [2.45, 2.75) is 24.4 Å². The Hall–Kier alpha value is -4.25. The van der Waals surface area contributed by atoms with E-state index in [2.05, 4.69) is 16.6 Å². The molecule has 1 atom stereocenters. The Morgan fingerprint density at radius 3 is 2.13 bits per heavy atom. The zero-order chi connectivity index (χ0) is 27.7. The highest BCUT2D eigenvalue weighted by Crippen LogP contribution is 2.20. The third-order valence-corrected chi connectivity index (χ3v) is 6.84. The summed E-state index contributed by atoms with van der Waals surface area (Å²) in [6, 6.07) is 14.9. The number of sulfonamides is 1. The zero-order valence-electron chi connectivity index (χ0n) is 20.6. The molecule has 0 aliphatic rings. The van der Waals surface area contributed by atoms with Crippen LogP contribution in [-0.2, 0) is 26.2 Å². The zero-order valence-corrected chi connectivity index (χ0v) is 21.4. The lowest BCUT2D eigenvalue weighted by Crippen LogP contribution is -2.49. The van der Waals surface area contributed by atoms with Crippen molar-refractivity contribution < 1.29 is 31.5 Å². The molecule has 2 amide bonds. The van der Waals surface area contributed by atoms with Gasteiger partial charge >= 0.3 is 0 Å². The topological polar surface area (TPSA) is 105 Å². The summed E-state index contributed by atoms with van der Waals surface area (Å²) in [4.78, 5) is 26.8. The van der Waals surface area contributed by atoms with Crippen molar-refractivity contribution in [3.05, 3.63) is 103 Å². The molecular weight excluding hydrogens is 516 g/mol. The largest absolute Gasteiger partial charge is 0.484 e. The van der Waals surface area contributed by atoms with Crippen LogP contribution in [0.5, 0.6) is 5.75 Å². The molecule has 2 N–H and O–H groups in total. The Kier molecular flexibility index (Phi) is 9.55. The average molecular weight is 544 g/mol. The van der Waals surface area contributed by atoms with Crippen molar-refractivity contribution >= 4 is 27.5 Å². The number of carbonyl (C=O) groups excluding carboxylic acids is 2. The first-order valence-electron chi connectivity index (χ1n) is 11.5. The molecule has 0 aliphatic carbocycles. The molecule has 0 fully saturated rings. The Bertz CT molecular complexity index is 1360. The molecule has 0 aromatic heterocycles. The standard InChI is InChI=1S/C27H27F2N3O5S/c1-3-16-30-27(34)19(2)32(17-20-4-6-21(28)7-5-20)26(33)18-37-24-12-14-25(15-13-24)38(35,36)31-23-10-8-22(29)9-11-23/h3-15,19,31H,1,16-18H2,2H3,(H,30,34). The first-order chi connectivity index (χ1) is 18.1. The smallest absolute Gasteiger partial charge is 0.261 e. The Morgan fingerprint density at radius 2 is 1.55 bits per heavy atom. The van der Waals surface area contributed by atoms with E-state index < -0.39 is 46.1 Å². The van der Waals surface area contributed by atoms with Crippen molar-refractivity contribution in [2.75, 3.05) is 17.9 Å². The minimum atomic E-state index is -3.94. The highest BCUT2D eigenvalue weighted by atomic mass is 32.2. The van der Waals surface area contributed by atoms with E-state index in [1.165, 1.54) is 71.6 Å². The van der Waals surface area contributed by atoms with E-state index in [1.807, 2.05) is 0 Å². The molecule has 0 bridgehead atoms. The summed E-state index contributed by atoms with van der Waals surface area (Å²) in [6.07, 6.45) is 1.51. The average Bonchev–Trinajstić information content (AvgIpc) is 2.91. The predicted octanol–water partition coefficient (Wildman–Crippen LogP) is 3.86. The summed E-state index contributed by atoms with van der Waals surface area (Å²) >= 11 is 0. The lowest BCUT2D eigenvalue weighted by Gasteiger charge is -2.28. The van der Waals surface area contributed by atoms with Gasteiger partial charge in [-0.2, -0.15) is 0 Å². The van der Waals surface area contributed by atoms with Gasteiger partial charge in [-0.05, 0) is 73.2 Å². The Labute approximate surface area is 220 Å². The minimum Gasteiger partial charge on any atom is -0.484 e. The number of ether oxygens (including phenoxy) is 1. The second-order valence-corrected chi connectivity index (χ2v) is 9.91. The van der Waals surface area contributed by atoms with Crippen LogP contribution in [0, 0.1) is 11.6 Å². The maximum absolute atomic E-state index is 13.3. The van der Waals surface area contributed by atoms with E-state index >= 15 is 0 Å². The van der Waals surface area contributed by atoms with Gasteiger partial charge in [0.25, 0.3) is 15.9 Å². The van der Waals surface area contributed by atoms with Gasteiger partial charge in [0, 0.05) is 18.8 Å². The fourth-order valence-corrected chi connectivity index (χ4v) is 4.42. The van der Waals surface area contributed by atoms with Gasteiger partial charge in [0.05, 0.1) is 4.90 Å². The number of hydrogen-bond donors (Lipinski definition) is 2. The quantitative estimate of drug-likeness (QED) is 0.338. The molecule has 3 aromatic carbocycles. The van der Waals surface area contributed by atoms with E-state index in [0.717, 1.165) is 12.1 Å². The summed E-state index contributed by atoms with van der Waals surface area (Å²) in [5.74, 6) is -1.60. The number of rotatable bonds is 12. The van der Waals surface area contributed by atoms with Crippen LogP contribution in [0.1, 0.15) is 12.5 Å². The van der Waals surface area contributed by atoms with Gasteiger partial charge in [-0.25, -0.2) is 17.2 Å². The normalized spacial score (nSPS) is 11.8. The van der Waals surface area contributed by atoms with E-state index in [4.69, 9.17) is 4.74 Å². The molecule has 38 heavy (non-hydrogen) atoms. The molecule has 0 heterocycles. The van der Waals surface area contributed by atoms with E-state index in [1.54, 1.807) is 6.92 Å². The number of hydrogen-bond acceptors (Lipinski definition) is 5. The molecule has 3 aromatic rings. The number of halogens is 2. The summed E-state index contributed by atoms with van der Waals surface area (Å²) in [7, 11) is -3.94. The fraction of sp³-hybridized carbons (Fsp3) is 0.185. The van der Waals surface area contributed by atoms with Gasteiger partial charge < -0.3 is 15.0 Å². The van der Waals surface area contributed by atoms with E-state index in [9.17, 15) is 26.8 Å². The molecule has 11 heteroatoms. The van der Waals surface area contributed by atoms with Crippen molar-refractivity contribution in [1.29, 1.82) is 0 Å². The number of benzene rings is 3. The van der Waals surface area contributed by atoms with Gasteiger partial charge in [-0.1, -0.05) is 18.2 Å². The second kappa shape index (κ2) is 12.8. The van der Waals surface area contributed by atoms with E-state index in [-0.39, 0.29) is 29.4 Å². The highest BCUT2D eigenvalue weighted by Gasteiger charge is 2.26. The van der Waals surface area contributed by atoms with Gasteiger partial charge in [0.1, 0.15) is 23.4 Å². The second-order valence-electron chi connectivity index (χ2n) is 8.23. The van der Waals surface area contributed by atoms with Crippen LogP contribution < -0.4 is 14.8 Å². The van der Waals surface area contributed by atoms with Crippen molar-refractivity contribution in [3.63, 3.8) is 0 Å². The van der Waals surface area contributed by atoms with Crippen LogP contribution >= 0.6 is 0 Å². The van der Waals surface area contributed by atoms with Crippen molar-refractivity contribution in [3.8, 4) is 5.75 Å². The third-order valence-electron chi connectivity index (χ3n) is 5.45. The monoisotopic (exact) mass is 543 g/mol. The van der Waals surface area contributed by atoms with Crippen LogP contribution in [0.3, 0.4) is 0 Å². The molecule has 0 saturated carbocycles. The Morgan fingerprint density at radius 1 is 0.974 bits per heavy atom. The van der Waals surface area contributed by atoms with Crippen LogP contribution in [0.15, 0.2) is 90.3 Å². The summed E-state index contributed by atoms with van der Waals surface area (Å²) in [6.45, 7) is 4.95. The Balaban J connectivity index is 1.68. The molecule has 0 spiro atoms. The molecule has 0 saturated heterocycles. The molecule has 8 nitrogen and oxygen atoms in total. The predicted molar refractivity (Wildman–Crippen MR) is 139 cm³/mol. The number of nitrogens with zero attached hydrogens (tertiary/aromatic N) is 1. The molecule has 1 unspecified atom stereocenters. The lowest BCUT2D eigenvalue weighted by molar-refractivity contribution is -0.142. The van der Waals surface area contributed by atoms with Gasteiger partial charge in [-0.3, -0.25) is 14.3 Å². The number of amides is 2. The van der Waals surface area contributed by atoms with E-state index in [0.29, 0.717) is 5.56 Å². The first kappa shape index (κ1) is 28.3. The highest BCUT2D eigenvalue weighted by molar-refractivity contribution is 7.92. The molecule has 0 aliphatic heterocycles. The van der Waals surface area contributed by atoms with Crippen LogP contribution in [0.4, 0.5) is 14.5 Å². The lowest BCUT2D eigenvalue weighted by atomic mass is 10.1. The van der Waals surface area contributed by atoms with Gasteiger partial charge in [0.2, 0.25) is 5.91 Å². The SMILES string of the molecule is C=CCNC(=O)C(C)N(Cc1ccc(F)cc1)C(=O)COc1ccc(S(=O)(=O)Nc2ccc(F)cc2)cc1. The van der Waals surface area contributed by atoms with Gasteiger partial charge in [0.15, 0.2) is 6.61 Å². The first-order valence-corrected chi connectivity index (χ1v) is 13.0. The van der Waals surface area contributed by atoms with Crippen LogP contribution in [-0.4, -0.2) is 44.3 Å². The fourth-order valence-electron chi connectivity index (χ4n) is 3.36. The maximum atomic E-state index is 13.3. The summed E-state index contributed by atoms with van der Waals surface area (Å²) in [5.41, 5.74) is 0.816. The maximum Gasteiger partial charge on any atom is 0.261 e. The molecule has 0 radical (unpaired) electrons. The van der Waals surface area contributed by atoms with Crippen molar-refractivity contribution in [2.24, 2.45) is 0 Å². The number of carbonyl (C=O) groups is 2.